The summed E-state index contributed by atoms with van der Waals surface area (Å²) < 4.78 is 0. The molecule has 0 aromatic heterocycles. The van der Waals surface area contributed by atoms with Crippen molar-refractivity contribution < 1.29 is 158 Å². The Morgan fingerprint density at radius 1 is 0.324 bits per heavy atom. The number of aliphatic hydroxyl groups is 1. The van der Waals surface area contributed by atoms with Crippen molar-refractivity contribution in [1.29, 1.82) is 5.26 Å². The van der Waals surface area contributed by atoms with E-state index in [4.69, 9.17) is 65.9 Å². The third-order valence-corrected chi connectivity index (χ3v) is 24.1. The molecule has 0 spiro atoms. The minimum Gasteiger partial charge on any atom is -0.508 e. The Morgan fingerprint density at radius 2 is 0.531 bits per heavy atom. The number of nitrogens with zero attached hydrogens (tertiary/aromatic N) is 19. The molecule has 796 valence electrons. The summed E-state index contributed by atoms with van der Waals surface area (Å²) in [6, 6.07) is 21.7. The van der Waals surface area contributed by atoms with Crippen LogP contribution in [-0.4, -0.2) is 555 Å². The van der Waals surface area contributed by atoms with Gasteiger partial charge in [-0.05, 0) is 114 Å². The lowest BCUT2D eigenvalue weighted by atomic mass is 10.0. The predicted molar refractivity (Wildman–Crippen MR) is 523 cm³/mol. The van der Waals surface area contributed by atoms with Gasteiger partial charge in [0.25, 0.3) is 0 Å². The highest BCUT2D eigenvalue weighted by molar-refractivity contribution is 8.03. The van der Waals surface area contributed by atoms with E-state index in [9.17, 15) is 97.8 Å². The van der Waals surface area contributed by atoms with E-state index in [2.05, 4.69) is 54.5 Å². The second-order valence-corrected chi connectivity index (χ2v) is 34.9. The lowest BCUT2D eigenvalue weighted by molar-refractivity contribution is -0.192. The fourth-order valence-corrected chi connectivity index (χ4v) is 16.8. The summed E-state index contributed by atoms with van der Waals surface area (Å²) in [4.78, 5) is 212. The number of carbonyl (C=O) groups excluding carboxylic acids is 2. The molecule has 54 heteroatoms. The molecular weight excluding hydrogens is 1970 g/mol. The van der Waals surface area contributed by atoms with Crippen molar-refractivity contribution in [2.45, 2.75) is 29.1 Å². The molecule has 0 aliphatic carbocycles. The smallest absolute Gasteiger partial charge is 0.373 e. The number of benzene rings is 4. The number of likely N-dealkylation sites (N-methyl/N-ethyl adjacent to an activating group) is 1. The van der Waals surface area contributed by atoms with Crippen LogP contribution in [0.3, 0.4) is 0 Å². The number of aliphatic imine (C=N–C) groups is 2. The third kappa shape index (κ3) is 51.2. The molecule has 51 nitrogen and oxygen atoms in total. The van der Waals surface area contributed by atoms with E-state index in [0.29, 0.717) is 196 Å². The number of aliphatic carboxylic acids is 14. The van der Waals surface area contributed by atoms with Crippen molar-refractivity contribution in [2.24, 2.45) is 9.98 Å². The summed E-state index contributed by atoms with van der Waals surface area (Å²) in [7, 11) is 1.98. The Hall–Kier alpha value is -12.6. The van der Waals surface area contributed by atoms with Crippen LogP contribution in [0.1, 0.15) is 46.4 Å². The summed E-state index contributed by atoms with van der Waals surface area (Å²) in [6.45, 7) is 13.3. The first-order valence-electron chi connectivity index (χ1n) is 45.6. The summed E-state index contributed by atoms with van der Waals surface area (Å²) in [5.74, 6) is -14.0. The average Bonchev–Trinajstić information content (AvgIpc) is 1.64. The summed E-state index contributed by atoms with van der Waals surface area (Å²) >= 11 is 10.2. The standard InChI is InChI=1S/C26H27N5O6S2.C19H24N4O6S.C18H25N3O7.C15H28N4O6.C12H23N3O5.CO2/c27-16-39-21-7-3-19(4-8-21)24(26(36)37)31-12-10-29(15-22(32)33)9-11-30(13-14-31)23(25(34)35)18-1-5-20(6-2-18)28-17-38;24-16(25)11-21-5-6-22(12-17(26)27)8-10-23(9-7-21)18(19(28)29)14-1-3-15(4-2-14)20-13-30;22-14-3-1-13(2-4-14)17(18(27)28)21-9-7-19(11-15(23)24)5-6-20(8-10-21)12-16(25)26;1-16-2-4-17(6-8-18(5-3-16)10-13(20)21)7-9-19(11-14(22)23)12-15(24)25;16-8-7-13-1-3-14(9-11(17)18)5-6-15(4-2-13)10-12(19)20;2-1-3/h1-8,23-24H,9-15H2,(H,32,33)(H,34,35)(H,36,37);1-4,18H,5-12H2,(H,24,25)(H,26,27)(H,28,29);1-4,17,22H,5-12H2,(H,23,24)(H,25,26)(H,27,28);2-12H2,1H3,(H,20,21)(H,22,23)(H,24,25);16H,1-10H2,(H,17,18)(H,19,20);. The zero-order valence-corrected chi connectivity index (χ0v) is 82.5. The first-order valence-corrected chi connectivity index (χ1v) is 47.2. The molecule has 0 bridgehead atoms. The van der Waals surface area contributed by atoms with E-state index < -0.39 is 108 Å². The summed E-state index contributed by atoms with van der Waals surface area (Å²) in [5, 5.41) is 164. The monoisotopic (exact) mass is 2090 g/mol. The van der Waals surface area contributed by atoms with Gasteiger partial charge in [0.15, 0.2) is 0 Å². The molecule has 5 heterocycles. The molecule has 5 aliphatic heterocycles. The molecule has 0 amide bonds. The van der Waals surface area contributed by atoms with Crippen LogP contribution in [-0.2, 0) is 76.7 Å². The second kappa shape index (κ2) is 68.7. The number of aromatic hydroxyl groups is 1. The van der Waals surface area contributed by atoms with Gasteiger partial charge in [-0.2, -0.15) is 24.8 Å². The number of β-amino-alcohol motifs (C(OH)–C–C–N with tert-alkyl or cyclic N) is 1. The van der Waals surface area contributed by atoms with Crippen LogP contribution in [0.2, 0.25) is 0 Å². The average molecular weight is 2100 g/mol. The molecule has 4 unspecified atom stereocenters. The molecule has 5 fully saturated rings. The molecule has 4 atom stereocenters. The fourth-order valence-electron chi connectivity index (χ4n) is 16.2. The minimum absolute atomic E-state index is 0.00810. The van der Waals surface area contributed by atoms with Crippen LogP contribution >= 0.6 is 36.2 Å². The van der Waals surface area contributed by atoms with Gasteiger partial charge in [-0.1, -0.05) is 48.5 Å². The first kappa shape index (κ1) is 125. The summed E-state index contributed by atoms with van der Waals surface area (Å²) in [5.41, 5.74) is 3.12. The number of phenols is 1. The number of rotatable bonds is 40. The number of carboxylic acid groups (broad SMARTS) is 14. The quantitative estimate of drug-likeness (QED) is 0.0107. The summed E-state index contributed by atoms with van der Waals surface area (Å²) in [6.07, 6.45) is 0.250. The molecule has 4 aromatic rings. The van der Waals surface area contributed by atoms with Crippen molar-refractivity contribution in [2.75, 3.05) is 295 Å². The third-order valence-electron chi connectivity index (χ3n) is 23.4. The van der Waals surface area contributed by atoms with E-state index in [1.165, 1.54) is 29.2 Å². The van der Waals surface area contributed by atoms with Gasteiger partial charge < -0.3 is 86.6 Å². The maximum atomic E-state index is 12.4. The van der Waals surface area contributed by atoms with Crippen LogP contribution < -0.4 is 0 Å². The molecule has 145 heavy (non-hydrogen) atoms. The van der Waals surface area contributed by atoms with Gasteiger partial charge in [0, 0.05) is 221 Å². The normalized spacial score (nSPS) is 17.8. The van der Waals surface area contributed by atoms with Crippen molar-refractivity contribution in [1.82, 2.24) is 78.4 Å². The number of phenolic OH excluding ortho intramolecular Hbond substituents is 1. The molecule has 5 saturated heterocycles. The Bertz CT molecular complexity index is 4890. The van der Waals surface area contributed by atoms with Gasteiger partial charge in [0.2, 0.25) is 0 Å². The van der Waals surface area contributed by atoms with E-state index in [1.54, 1.807) is 127 Å². The fraction of sp³-hybridized carbons (Fsp3) is 0.538. The number of nitriles is 1. The van der Waals surface area contributed by atoms with Crippen molar-refractivity contribution in [3.8, 4) is 11.2 Å². The molecule has 16 N–H and O–H groups in total. The van der Waals surface area contributed by atoms with Crippen LogP contribution in [0.25, 0.3) is 0 Å². The van der Waals surface area contributed by atoms with Gasteiger partial charge in [0.05, 0.1) is 93.8 Å². The van der Waals surface area contributed by atoms with Gasteiger partial charge in [0.1, 0.15) is 35.3 Å². The SMILES string of the molecule is CN1CCN(CCN(CC(=O)O)CC(=O)O)CCN(CC(=O)O)CC1.N#CSc1ccc(C(C(=O)O)N2CCN(CC(=O)O)CCN(C(C(=O)O)c3ccc(N=C=S)cc3)CC2)cc1.O=C(O)CN1CCN(CC(=O)O)CCN(C(C(=O)O)c2ccc(N=C=S)cc2)CC1.O=C(O)CN1CCN(CC(=O)O)CCN(C(C(=O)O)c2ccc(O)cc2)CC1.O=C(O)CN1CCN(CCO)CCN(CC(=O)O)CC1.O=C=O. The predicted octanol–water partition coefficient (Wildman–Crippen LogP) is -1.23. The molecule has 9 rings (SSSR count). The number of aliphatic hydroxyl groups excluding tert-OH is 1. The number of thiocarbonyl (C=S) groups is 2. The van der Waals surface area contributed by atoms with Crippen molar-refractivity contribution >= 4 is 148 Å². The Balaban J connectivity index is 0.000000381. The number of isothiocyanates is 2. The van der Waals surface area contributed by atoms with Crippen LogP contribution in [0.5, 0.6) is 5.75 Å². The van der Waals surface area contributed by atoms with Crippen LogP contribution in [0.4, 0.5) is 11.4 Å². The first-order chi connectivity index (χ1) is 69.0. The van der Waals surface area contributed by atoms with Crippen molar-refractivity contribution in [3.63, 3.8) is 0 Å². The lowest BCUT2D eigenvalue weighted by Crippen LogP contribution is -2.43. The Labute approximate surface area is 850 Å². The minimum atomic E-state index is -1.09. The number of thiocyanates is 1. The topological polar surface area (TPSA) is 697 Å². The Kier molecular flexibility index (Phi) is 59.0. The van der Waals surface area contributed by atoms with E-state index >= 15 is 0 Å². The van der Waals surface area contributed by atoms with Crippen LogP contribution in [0.15, 0.2) is 112 Å². The molecule has 5 aliphatic rings. The lowest BCUT2D eigenvalue weighted by Gasteiger charge is -2.33. The molecule has 0 radical (unpaired) electrons. The zero-order chi connectivity index (χ0) is 108. The van der Waals surface area contributed by atoms with Crippen LogP contribution in [0, 0.1) is 10.7 Å². The highest BCUT2D eigenvalue weighted by Gasteiger charge is 2.37. The number of hydrogen-bond acceptors (Lipinski definition) is 40. The van der Waals surface area contributed by atoms with Gasteiger partial charge in [-0.3, -0.25) is 141 Å². The van der Waals surface area contributed by atoms with E-state index in [1.807, 2.05) is 22.2 Å². The van der Waals surface area contributed by atoms with Gasteiger partial charge in [-0.15, -0.1) is 0 Å². The number of carboxylic acids is 14. The molecule has 4 aromatic carbocycles. The van der Waals surface area contributed by atoms with Gasteiger partial charge in [-0.25, -0.2) is 0 Å². The van der Waals surface area contributed by atoms with Crippen molar-refractivity contribution in [3.05, 3.63) is 119 Å². The zero-order valence-electron chi connectivity index (χ0n) is 80.1. The Morgan fingerprint density at radius 3 is 0.752 bits per heavy atom. The van der Waals surface area contributed by atoms with E-state index in [0.717, 1.165) is 31.4 Å². The highest BCUT2D eigenvalue weighted by atomic mass is 32.2. The number of carbonyl (C=O) groups is 14. The van der Waals surface area contributed by atoms with Gasteiger partial charge >= 0.3 is 89.7 Å². The molecular formula is C91H127N19O32S3. The highest BCUT2D eigenvalue weighted by Crippen LogP contribution is 2.31. The largest absolute Gasteiger partial charge is 0.508 e. The maximum Gasteiger partial charge on any atom is 0.373 e. The maximum absolute atomic E-state index is 12.4. The second-order valence-electron chi connectivity index (χ2n) is 33.7. The van der Waals surface area contributed by atoms with E-state index in [-0.39, 0.29) is 123 Å². The number of thioether (sulfide) groups is 1. The number of hydrogen-bond donors (Lipinski definition) is 16. The molecule has 0 saturated carbocycles.